The smallest absolute Gasteiger partial charge is 0.409 e. The Morgan fingerprint density at radius 3 is 1.74 bits per heavy atom. The van der Waals surface area contributed by atoms with E-state index in [2.05, 4.69) is 21.3 Å². The van der Waals surface area contributed by atoms with Gasteiger partial charge in [0.1, 0.15) is 5.75 Å². The molecule has 0 unspecified atom stereocenters. The average molecular weight is 529 g/mol. The molecule has 3 aromatic carbocycles. The van der Waals surface area contributed by atoms with Crippen LogP contribution in [0.1, 0.15) is 30.7 Å². The fourth-order valence-corrected chi connectivity index (χ4v) is 3.23. The first-order valence-corrected chi connectivity index (χ1v) is 12.3. The molecule has 0 bridgehead atoms. The third-order valence-electron chi connectivity index (χ3n) is 5.17. The van der Waals surface area contributed by atoms with Gasteiger partial charge in [-0.15, -0.1) is 0 Å². The summed E-state index contributed by atoms with van der Waals surface area (Å²) in [4.78, 5) is 37.6. The average Bonchev–Trinajstić information content (AvgIpc) is 2.95. The van der Waals surface area contributed by atoms with Crippen LogP contribution in [0.5, 0.6) is 5.75 Å². The van der Waals surface area contributed by atoms with Crippen LogP contribution in [-0.2, 0) is 28.4 Å². The van der Waals surface area contributed by atoms with E-state index in [0.717, 1.165) is 16.8 Å². The molecular weight excluding hydrogens is 496 g/mol. The largest absolute Gasteiger partial charge is 0.436 e. The van der Waals surface area contributed by atoms with Crippen molar-refractivity contribution in [2.24, 2.45) is 0 Å². The topological polar surface area (TPSA) is 111 Å². The van der Waals surface area contributed by atoms with E-state index in [0.29, 0.717) is 19.0 Å². The molecule has 202 valence electrons. The minimum atomic E-state index is -0.642. The third-order valence-corrected chi connectivity index (χ3v) is 5.17. The molecule has 4 rings (SSSR count). The minimum Gasteiger partial charge on any atom is -0.409 e. The Labute approximate surface area is 228 Å². The van der Waals surface area contributed by atoms with E-state index in [1.54, 1.807) is 30.5 Å². The van der Waals surface area contributed by atoms with Crippen LogP contribution in [0.3, 0.4) is 0 Å². The number of carbonyl (C=O) groups is 2. The number of urea groups is 1. The number of rotatable bonds is 9. The van der Waals surface area contributed by atoms with Gasteiger partial charge in [-0.1, -0.05) is 84.9 Å². The zero-order valence-electron chi connectivity index (χ0n) is 21.9. The number of pyridine rings is 1. The van der Waals surface area contributed by atoms with Crippen LogP contribution < -0.4 is 21.0 Å². The van der Waals surface area contributed by atoms with Gasteiger partial charge < -0.3 is 10.1 Å². The molecule has 0 aliphatic rings. The van der Waals surface area contributed by atoms with Crippen molar-refractivity contribution in [3.8, 4) is 5.75 Å². The van der Waals surface area contributed by atoms with E-state index >= 15 is 0 Å². The molecule has 39 heavy (non-hydrogen) atoms. The van der Waals surface area contributed by atoms with Crippen molar-refractivity contribution in [2.75, 3.05) is 0 Å². The van der Waals surface area contributed by atoms with Gasteiger partial charge in [-0.05, 0) is 49.2 Å². The second kappa shape index (κ2) is 15.5. The molecule has 3 amide bonds. The zero-order chi connectivity index (χ0) is 27.8. The van der Waals surface area contributed by atoms with Gasteiger partial charge in [0.2, 0.25) is 0 Å². The van der Waals surface area contributed by atoms with E-state index < -0.39 is 17.7 Å². The maximum absolute atomic E-state index is 11.8. The summed E-state index contributed by atoms with van der Waals surface area (Å²) in [7, 11) is 0. The predicted octanol–water partition coefficient (Wildman–Crippen LogP) is 5.65. The van der Waals surface area contributed by atoms with E-state index in [1.165, 1.54) is 0 Å². The molecule has 0 spiro atoms. The van der Waals surface area contributed by atoms with Crippen LogP contribution in [0.2, 0.25) is 0 Å². The van der Waals surface area contributed by atoms with E-state index in [9.17, 15) is 9.59 Å². The van der Waals surface area contributed by atoms with Crippen molar-refractivity contribution < 1.29 is 24.0 Å². The predicted molar refractivity (Wildman–Crippen MR) is 147 cm³/mol. The number of hydrogen-bond acceptors (Lipinski definition) is 6. The Kier molecular flexibility index (Phi) is 11.5. The minimum absolute atomic E-state index is 0.296. The Morgan fingerprint density at radius 2 is 1.21 bits per heavy atom. The number of carbonyl (C=O) groups excluding carboxylic acids is 2. The van der Waals surface area contributed by atoms with Gasteiger partial charge in [0, 0.05) is 6.20 Å². The van der Waals surface area contributed by atoms with Crippen molar-refractivity contribution in [1.82, 2.24) is 21.3 Å². The normalized spacial score (nSPS) is 10.4. The molecule has 3 N–H and O–H groups in total. The van der Waals surface area contributed by atoms with Crippen molar-refractivity contribution in [3.05, 3.63) is 132 Å². The summed E-state index contributed by atoms with van der Waals surface area (Å²) in [6, 6.07) is 33.1. The Bertz CT molecular complexity index is 1260. The SMILES string of the molecule is CC(C)(NC(=O)NOCc1ccccc1)c1ccccn1.O=C(NOCc1ccccc1)Oc1ccccc1. The fraction of sp³-hybridized carbons (Fsp3) is 0.167. The first kappa shape index (κ1) is 28.8. The standard InChI is InChI=1S/C16H19N3O2.C14H13NO3/c1-16(2,14-10-6-7-11-17-14)18-15(20)19-21-12-13-8-4-3-5-9-13;16-14(18-13-9-5-2-6-10-13)15-17-11-12-7-3-1-4-8-12/h3-11H,12H2,1-2H3,(H2,18,19,20);1-10H,11H2,(H,15,16). The summed E-state index contributed by atoms with van der Waals surface area (Å²) in [5.41, 5.74) is 6.75. The number of ether oxygens (including phenoxy) is 1. The molecule has 4 aromatic rings. The second-order valence-electron chi connectivity index (χ2n) is 8.75. The van der Waals surface area contributed by atoms with Gasteiger partial charge in [0.25, 0.3) is 0 Å². The highest BCUT2D eigenvalue weighted by Gasteiger charge is 2.24. The highest BCUT2D eigenvalue weighted by atomic mass is 16.7. The Morgan fingerprint density at radius 1 is 0.692 bits per heavy atom. The molecule has 0 saturated heterocycles. The summed E-state index contributed by atoms with van der Waals surface area (Å²) in [6.07, 6.45) is 1.06. The monoisotopic (exact) mass is 528 g/mol. The summed E-state index contributed by atoms with van der Waals surface area (Å²) in [5.74, 6) is 0.471. The van der Waals surface area contributed by atoms with Crippen LogP contribution in [0.4, 0.5) is 9.59 Å². The number of hydrogen-bond donors (Lipinski definition) is 3. The number of nitrogens with zero attached hydrogens (tertiary/aromatic N) is 1. The quantitative estimate of drug-likeness (QED) is 0.242. The number of nitrogens with one attached hydrogen (secondary N) is 3. The van der Waals surface area contributed by atoms with Crippen LogP contribution in [0.15, 0.2) is 115 Å². The second-order valence-corrected chi connectivity index (χ2v) is 8.75. The number of amides is 3. The molecule has 0 aliphatic carbocycles. The van der Waals surface area contributed by atoms with Crippen LogP contribution in [0, 0.1) is 0 Å². The lowest BCUT2D eigenvalue weighted by Crippen LogP contribution is -2.46. The van der Waals surface area contributed by atoms with Crippen molar-refractivity contribution in [3.63, 3.8) is 0 Å². The fourth-order valence-electron chi connectivity index (χ4n) is 3.23. The van der Waals surface area contributed by atoms with E-state index in [4.69, 9.17) is 14.4 Å². The summed E-state index contributed by atoms with van der Waals surface area (Å²) < 4.78 is 4.98. The molecule has 0 fully saturated rings. The van der Waals surface area contributed by atoms with Crippen LogP contribution >= 0.6 is 0 Å². The molecule has 0 radical (unpaired) electrons. The third kappa shape index (κ3) is 11.0. The summed E-state index contributed by atoms with van der Waals surface area (Å²) in [6.45, 7) is 4.38. The maximum Gasteiger partial charge on any atom is 0.436 e. The summed E-state index contributed by atoms with van der Waals surface area (Å²) in [5, 5.41) is 2.82. The molecule has 1 aromatic heterocycles. The Hall–Kier alpha value is -4.73. The van der Waals surface area contributed by atoms with Crippen molar-refractivity contribution in [2.45, 2.75) is 32.6 Å². The number of aromatic nitrogens is 1. The molecule has 9 nitrogen and oxygen atoms in total. The summed E-state index contributed by atoms with van der Waals surface area (Å²) >= 11 is 0. The highest BCUT2D eigenvalue weighted by molar-refractivity contribution is 5.73. The van der Waals surface area contributed by atoms with Gasteiger partial charge >= 0.3 is 12.1 Å². The van der Waals surface area contributed by atoms with Crippen LogP contribution in [0.25, 0.3) is 0 Å². The first-order chi connectivity index (χ1) is 18.9. The number of benzene rings is 3. The van der Waals surface area contributed by atoms with E-state index in [1.807, 2.05) is 98.8 Å². The van der Waals surface area contributed by atoms with Crippen LogP contribution in [-0.4, -0.2) is 17.1 Å². The van der Waals surface area contributed by atoms with Gasteiger partial charge in [0.05, 0.1) is 24.4 Å². The highest BCUT2D eigenvalue weighted by Crippen LogP contribution is 2.16. The molecule has 1 heterocycles. The number of para-hydroxylation sites is 1. The Balaban J connectivity index is 0.000000218. The van der Waals surface area contributed by atoms with Crippen molar-refractivity contribution >= 4 is 12.1 Å². The van der Waals surface area contributed by atoms with E-state index in [-0.39, 0.29) is 0 Å². The lowest BCUT2D eigenvalue weighted by Gasteiger charge is -2.25. The molecule has 0 aliphatic heterocycles. The first-order valence-electron chi connectivity index (χ1n) is 12.3. The number of hydroxylamine groups is 2. The van der Waals surface area contributed by atoms with Gasteiger partial charge in [-0.3, -0.25) is 14.7 Å². The lowest BCUT2D eigenvalue weighted by atomic mass is 10.0. The molecule has 0 atom stereocenters. The molecule has 0 saturated carbocycles. The zero-order valence-corrected chi connectivity index (χ0v) is 21.9. The maximum atomic E-state index is 11.8. The van der Waals surface area contributed by atoms with Gasteiger partial charge in [-0.2, -0.15) is 5.48 Å². The van der Waals surface area contributed by atoms with Crippen molar-refractivity contribution in [1.29, 1.82) is 0 Å². The van der Waals surface area contributed by atoms with Gasteiger partial charge in [0.15, 0.2) is 0 Å². The lowest BCUT2D eigenvalue weighted by molar-refractivity contribution is 0.0343. The van der Waals surface area contributed by atoms with Gasteiger partial charge in [-0.25, -0.2) is 15.1 Å². The molecular formula is C30H32N4O5. The molecule has 9 heteroatoms.